The van der Waals surface area contributed by atoms with Crippen molar-refractivity contribution < 1.29 is 18.0 Å². The van der Waals surface area contributed by atoms with Crippen molar-refractivity contribution in [3.63, 3.8) is 0 Å². The summed E-state index contributed by atoms with van der Waals surface area (Å²) < 4.78 is 38.9. The number of nitrogens with zero attached hydrogens (tertiary/aromatic N) is 1. The zero-order valence-corrected chi connectivity index (χ0v) is 14.6. The number of likely N-dealkylation sites (N-methyl/N-ethyl adjacent to an activating group) is 1. The predicted molar refractivity (Wildman–Crippen MR) is 88.4 cm³/mol. The lowest BCUT2D eigenvalue weighted by molar-refractivity contribution is -0.137. The first-order chi connectivity index (χ1) is 10.7. The van der Waals surface area contributed by atoms with Crippen molar-refractivity contribution in [2.75, 3.05) is 18.9 Å². The molecule has 1 amide bonds. The first-order valence-electron chi connectivity index (χ1n) is 6.64. The van der Waals surface area contributed by atoms with E-state index in [-0.39, 0.29) is 18.1 Å². The maximum Gasteiger partial charge on any atom is 0.416 e. The van der Waals surface area contributed by atoms with Gasteiger partial charge in [0.25, 0.3) is 0 Å². The molecular weight excluding hydrogens is 393 g/mol. The minimum absolute atomic E-state index is 0.0891. The summed E-state index contributed by atoms with van der Waals surface area (Å²) in [4.78, 5) is 14.8. The maximum atomic E-state index is 12.6. The van der Waals surface area contributed by atoms with E-state index in [2.05, 4.69) is 21.2 Å². The third-order valence-electron chi connectivity index (χ3n) is 2.94. The van der Waals surface area contributed by atoms with E-state index < -0.39 is 11.7 Å². The van der Waals surface area contributed by atoms with Gasteiger partial charge < -0.3 is 5.32 Å². The van der Waals surface area contributed by atoms with Gasteiger partial charge in [0.15, 0.2) is 0 Å². The predicted octanol–water partition coefficient (Wildman–Crippen LogP) is 4.60. The molecular formula is C15H14BrF3N2OS. The quantitative estimate of drug-likeness (QED) is 0.786. The van der Waals surface area contributed by atoms with Gasteiger partial charge in [0.2, 0.25) is 5.91 Å². The van der Waals surface area contributed by atoms with Crippen LogP contribution in [0.2, 0.25) is 0 Å². The molecule has 1 aromatic heterocycles. The summed E-state index contributed by atoms with van der Waals surface area (Å²) in [7, 11) is 1.78. The van der Waals surface area contributed by atoms with Crippen molar-refractivity contribution in [2.24, 2.45) is 0 Å². The molecule has 0 aliphatic heterocycles. The summed E-state index contributed by atoms with van der Waals surface area (Å²) in [6.07, 6.45) is -4.43. The van der Waals surface area contributed by atoms with E-state index in [9.17, 15) is 18.0 Å². The number of halogens is 4. The van der Waals surface area contributed by atoms with Crippen LogP contribution in [0.5, 0.6) is 0 Å². The molecule has 0 aliphatic rings. The monoisotopic (exact) mass is 406 g/mol. The molecule has 0 saturated carbocycles. The second-order valence-corrected chi connectivity index (χ2v) is 7.55. The molecule has 0 unspecified atom stereocenters. The van der Waals surface area contributed by atoms with E-state index in [0.717, 1.165) is 20.8 Å². The Kier molecular flexibility index (Phi) is 5.83. The van der Waals surface area contributed by atoms with Gasteiger partial charge in [-0.05, 0) is 53.3 Å². The number of hydrogen-bond acceptors (Lipinski definition) is 3. The van der Waals surface area contributed by atoms with Crippen LogP contribution in [0.3, 0.4) is 0 Å². The lowest BCUT2D eigenvalue weighted by atomic mass is 10.2. The Morgan fingerprint density at radius 2 is 2.04 bits per heavy atom. The van der Waals surface area contributed by atoms with Crippen molar-refractivity contribution in [1.82, 2.24) is 4.90 Å². The molecule has 1 aromatic carbocycles. The molecule has 2 aromatic rings. The van der Waals surface area contributed by atoms with Gasteiger partial charge in [-0.25, -0.2) is 0 Å². The molecule has 0 fully saturated rings. The molecule has 23 heavy (non-hydrogen) atoms. The first kappa shape index (κ1) is 18.0. The Labute approximate surface area is 144 Å². The van der Waals surface area contributed by atoms with Crippen LogP contribution in [0.1, 0.15) is 10.4 Å². The maximum absolute atomic E-state index is 12.6. The molecule has 0 radical (unpaired) electrons. The minimum atomic E-state index is -4.43. The van der Waals surface area contributed by atoms with Gasteiger partial charge in [-0.1, -0.05) is 6.07 Å². The SMILES string of the molecule is CN(CC(=O)Nc1cccc(C(F)(F)F)c1)Cc1ccc(Br)s1. The molecule has 0 aliphatic carbocycles. The molecule has 1 heterocycles. The third kappa shape index (κ3) is 5.63. The van der Waals surface area contributed by atoms with E-state index in [1.54, 1.807) is 23.3 Å². The number of amides is 1. The van der Waals surface area contributed by atoms with Crippen molar-refractivity contribution in [2.45, 2.75) is 12.7 Å². The fourth-order valence-electron chi connectivity index (χ4n) is 1.98. The molecule has 0 saturated heterocycles. The molecule has 3 nitrogen and oxygen atoms in total. The Morgan fingerprint density at radius 3 is 2.65 bits per heavy atom. The second-order valence-electron chi connectivity index (χ2n) is 5.00. The molecule has 2 rings (SSSR count). The van der Waals surface area contributed by atoms with Gasteiger partial charge in [0, 0.05) is 17.1 Å². The fraction of sp³-hybridized carbons (Fsp3) is 0.267. The van der Waals surface area contributed by atoms with Crippen LogP contribution in [0.25, 0.3) is 0 Å². The van der Waals surface area contributed by atoms with Crippen LogP contribution < -0.4 is 5.32 Å². The minimum Gasteiger partial charge on any atom is -0.325 e. The van der Waals surface area contributed by atoms with E-state index in [1.807, 2.05) is 12.1 Å². The van der Waals surface area contributed by atoms with E-state index in [1.165, 1.54) is 12.1 Å². The molecule has 0 bridgehead atoms. The highest BCUT2D eigenvalue weighted by molar-refractivity contribution is 9.11. The smallest absolute Gasteiger partial charge is 0.325 e. The fourth-order valence-corrected chi connectivity index (χ4v) is 3.54. The second kappa shape index (κ2) is 7.46. The molecule has 1 N–H and O–H groups in total. The molecule has 124 valence electrons. The van der Waals surface area contributed by atoms with Gasteiger partial charge in [-0.2, -0.15) is 13.2 Å². The van der Waals surface area contributed by atoms with Crippen LogP contribution in [-0.2, 0) is 17.5 Å². The van der Waals surface area contributed by atoms with Gasteiger partial charge in [0.05, 0.1) is 15.9 Å². The van der Waals surface area contributed by atoms with Crippen molar-refractivity contribution in [3.05, 3.63) is 50.6 Å². The molecule has 0 spiro atoms. The molecule has 0 atom stereocenters. The van der Waals surface area contributed by atoms with Crippen LogP contribution in [0.4, 0.5) is 18.9 Å². The van der Waals surface area contributed by atoms with E-state index >= 15 is 0 Å². The summed E-state index contributed by atoms with van der Waals surface area (Å²) in [6.45, 7) is 0.679. The van der Waals surface area contributed by atoms with Crippen LogP contribution in [0, 0.1) is 0 Å². The topological polar surface area (TPSA) is 32.3 Å². The third-order valence-corrected chi connectivity index (χ3v) is 4.55. The van der Waals surface area contributed by atoms with Gasteiger partial charge >= 0.3 is 6.18 Å². The zero-order valence-electron chi connectivity index (χ0n) is 12.2. The lowest BCUT2D eigenvalue weighted by Gasteiger charge is -2.15. The largest absolute Gasteiger partial charge is 0.416 e. The number of anilines is 1. The molecule has 8 heteroatoms. The number of carbonyl (C=O) groups is 1. The number of benzene rings is 1. The number of rotatable bonds is 5. The van der Waals surface area contributed by atoms with Crippen molar-refractivity contribution in [1.29, 1.82) is 0 Å². The Bertz CT molecular complexity index is 687. The Morgan fingerprint density at radius 1 is 1.30 bits per heavy atom. The highest BCUT2D eigenvalue weighted by Crippen LogP contribution is 2.30. The Balaban J connectivity index is 1.91. The summed E-state index contributed by atoms with van der Waals surface area (Å²) >= 11 is 4.94. The van der Waals surface area contributed by atoms with Gasteiger partial charge in [-0.3, -0.25) is 9.69 Å². The van der Waals surface area contributed by atoms with Gasteiger partial charge in [0.1, 0.15) is 0 Å². The number of thiophene rings is 1. The number of alkyl halides is 3. The van der Waals surface area contributed by atoms with Crippen LogP contribution in [0.15, 0.2) is 40.2 Å². The average Bonchev–Trinajstić information content (AvgIpc) is 2.83. The first-order valence-corrected chi connectivity index (χ1v) is 8.25. The van der Waals surface area contributed by atoms with Gasteiger partial charge in [-0.15, -0.1) is 11.3 Å². The highest BCUT2D eigenvalue weighted by atomic mass is 79.9. The standard InChI is InChI=1S/C15H14BrF3N2OS/c1-21(8-12-5-6-13(16)23-12)9-14(22)20-11-4-2-3-10(7-11)15(17,18)19/h2-7H,8-9H2,1H3,(H,20,22). The lowest BCUT2D eigenvalue weighted by Crippen LogP contribution is -2.29. The number of nitrogens with one attached hydrogen (secondary N) is 1. The van der Waals surface area contributed by atoms with Crippen LogP contribution in [-0.4, -0.2) is 24.4 Å². The number of carbonyl (C=O) groups excluding carboxylic acids is 1. The summed E-state index contributed by atoms with van der Waals surface area (Å²) in [5, 5.41) is 2.49. The highest BCUT2D eigenvalue weighted by Gasteiger charge is 2.30. The van der Waals surface area contributed by atoms with E-state index in [0.29, 0.717) is 6.54 Å². The zero-order chi connectivity index (χ0) is 17.0. The normalized spacial score (nSPS) is 11.7. The Hall–Kier alpha value is -1.38. The van der Waals surface area contributed by atoms with Crippen molar-refractivity contribution in [3.8, 4) is 0 Å². The summed E-state index contributed by atoms with van der Waals surface area (Å²) in [5.41, 5.74) is -0.649. The number of hydrogen-bond donors (Lipinski definition) is 1. The summed E-state index contributed by atoms with van der Waals surface area (Å²) in [5.74, 6) is -0.359. The van der Waals surface area contributed by atoms with Crippen LogP contribution >= 0.6 is 27.3 Å². The van der Waals surface area contributed by atoms with Crippen molar-refractivity contribution >= 4 is 38.9 Å². The average molecular weight is 407 g/mol. The summed E-state index contributed by atoms with van der Waals surface area (Å²) in [6, 6.07) is 8.48. The van der Waals surface area contributed by atoms with E-state index in [4.69, 9.17) is 0 Å².